The number of rotatable bonds is 1. The van der Waals surface area contributed by atoms with Gasteiger partial charge in [-0.25, -0.2) is 0 Å². The molecule has 0 bridgehead atoms. The molecule has 19 heavy (non-hydrogen) atoms. The Morgan fingerprint density at radius 1 is 1.42 bits per heavy atom. The highest BCUT2D eigenvalue weighted by Crippen LogP contribution is 2.26. The largest absolute Gasteiger partial charge is 0.337 e. The van der Waals surface area contributed by atoms with Gasteiger partial charge in [0.05, 0.1) is 0 Å². The van der Waals surface area contributed by atoms with Crippen LogP contribution in [0.1, 0.15) is 28.8 Å². The Kier molecular flexibility index (Phi) is 3.50. The van der Waals surface area contributed by atoms with E-state index in [1.54, 1.807) is 6.07 Å². The maximum absolute atomic E-state index is 12.5. The number of carbonyl (C=O) groups is 1. The number of piperidine rings is 1. The summed E-state index contributed by atoms with van der Waals surface area (Å²) in [7, 11) is 0. The Balaban J connectivity index is 1.75. The minimum Gasteiger partial charge on any atom is -0.337 e. The van der Waals surface area contributed by atoms with Crippen molar-refractivity contribution in [1.82, 2.24) is 10.2 Å². The fraction of sp³-hybridized carbons (Fsp3) is 0.533. The summed E-state index contributed by atoms with van der Waals surface area (Å²) in [6, 6.07) is 6.06. The second-order valence-electron chi connectivity index (χ2n) is 5.64. The van der Waals surface area contributed by atoms with Crippen LogP contribution >= 0.6 is 11.6 Å². The Hall–Kier alpha value is -1.06. The molecular formula is C15H19ClN2O. The quantitative estimate of drug-likeness (QED) is 0.856. The number of hydrogen-bond donors (Lipinski definition) is 1. The number of benzene rings is 1. The Morgan fingerprint density at radius 2 is 2.26 bits per heavy atom. The van der Waals surface area contributed by atoms with Crippen LogP contribution in [0.15, 0.2) is 18.2 Å². The van der Waals surface area contributed by atoms with Gasteiger partial charge in [0.2, 0.25) is 0 Å². The predicted molar refractivity (Wildman–Crippen MR) is 76.6 cm³/mol. The highest BCUT2D eigenvalue weighted by molar-refractivity contribution is 6.31. The number of halogens is 1. The zero-order chi connectivity index (χ0) is 13.4. The highest BCUT2D eigenvalue weighted by Gasteiger charge is 2.36. The van der Waals surface area contributed by atoms with Crippen LogP contribution in [0, 0.1) is 12.8 Å². The monoisotopic (exact) mass is 278 g/mol. The lowest BCUT2D eigenvalue weighted by atomic mass is 9.94. The molecule has 1 amide bonds. The predicted octanol–water partition coefficient (Wildman–Crippen LogP) is 2.47. The van der Waals surface area contributed by atoms with E-state index >= 15 is 0 Å². The van der Waals surface area contributed by atoms with Gasteiger partial charge in [0.15, 0.2) is 0 Å². The third-order valence-electron chi connectivity index (χ3n) is 4.31. The van der Waals surface area contributed by atoms with Gasteiger partial charge in [-0.2, -0.15) is 0 Å². The van der Waals surface area contributed by atoms with Crippen LogP contribution in [0.2, 0.25) is 5.02 Å². The average Bonchev–Trinajstić information content (AvgIpc) is 2.85. The van der Waals surface area contributed by atoms with Crippen molar-refractivity contribution in [3.63, 3.8) is 0 Å². The Bertz CT molecular complexity index is 489. The van der Waals surface area contributed by atoms with E-state index in [9.17, 15) is 4.79 Å². The van der Waals surface area contributed by atoms with Crippen molar-refractivity contribution in [2.75, 3.05) is 19.6 Å². The first-order valence-electron chi connectivity index (χ1n) is 6.94. The van der Waals surface area contributed by atoms with Crippen LogP contribution < -0.4 is 5.32 Å². The van der Waals surface area contributed by atoms with Crippen LogP contribution in [-0.4, -0.2) is 36.5 Å². The normalized spacial score (nSPS) is 26.3. The van der Waals surface area contributed by atoms with Gasteiger partial charge < -0.3 is 10.2 Å². The van der Waals surface area contributed by atoms with E-state index in [-0.39, 0.29) is 5.91 Å². The van der Waals surface area contributed by atoms with Gasteiger partial charge in [-0.15, -0.1) is 0 Å². The van der Waals surface area contributed by atoms with Gasteiger partial charge >= 0.3 is 0 Å². The molecule has 0 spiro atoms. The second kappa shape index (κ2) is 5.14. The topological polar surface area (TPSA) is 32.3 Å². The van der Waals surface area contributed by atoms with Crippen molar-refractivity contribution in [3.05, 3.63) is 34.3 Å². The Morgan fingerprint density at radius 3 is 3.00 bits per heavy atom. The molecule has 1 aromatic rings. The molecule has 1 aromatic carbocycles. The summed E-state index contributed by atoms with van der Waals surface area (Å²) in [6.07, 6.45) is 2.45. The van der Waals surface area contributed by atoms with Crippen molar-refractivity contribution in [3.8, 4) is 0 Å². The van der Waals surface area contributed by atoms with Gasteiger partial charge in [0, 0.05) is 29.7 Å². The molecule has 3 rings (SSSR count). The summed E-state index contributed by atoms with van der Waals surface area (Å²) in [5.74, 6) is 0.733. The fourth-order valence-electron chi connectivity index (χ4n) is 3.12. The number of nitrogens with zero attached hydrogens (tertiary/aromatic N) is 1. The maximum atomic E-state index is 12.5. The molecule has 3 nitrogen and oxygen atoms in total. The molecule has 2 heterocycles. The van der Waals surface area contributed by atoms with Gasteiger partial charge in [-0.1, -0.05) is 17.7 Å². The van der Waals surface area contributed by atoms with Gasteiger partial charge in [0.1, 0.15) is 0 Å². The number of likely N-dealkylation sites (tertiary alicyclic amines) is 1. The van der Waals surface area contributed by atoms with Crippen LogP contribution in [0.3, 0.4) is 0 Å². The highest BCUT2D eigenvalue weighted by atomic mass is 35.5. The maximum Gasteiger partial charge on any atom is 0.253 e. The van der Waals surface area contributed by atoms with Gasteiger partial charge in [-0.05, 0) is 49.9 Å². The van der Waals surface area contributed by atoms with Crippen molar-refractivity contribution in [2.45, 2.75) is 25.8 Å². The van der Waals surface area contributed by atoms with Gasteiger partial charge in [0.25, 0.3) is 5.91 Å². The van der Waals surface area contributed by atoms with E-state index in [0.29, 0.717) is 22.5 Å². The lowest BCUT2D eigenvalue weighted by Crippen LogP contribution is -2.41. The molecule has 102 valence electrons. The van der Waals surface area contributed by atoms with Crippen LogP contribution in [-0.2, 0) is 0 Å². The molecule has 0 unspecified atom stereocenters. The standard InChI is InChI=1S/C15H19ClN2O/c1-10-4-5-11(7-13(10)16)15(19)18-8-12-3-2-6-17-14(12)9-18/h4-5,7,12,14,17H,2-3,6,8-9H2,1H3/t12-,14+/m0/s1. The zero-order valence-corrected chi connectivity index (χ0v) is 11.9. The van der Waals surface area contributed by atoms with Crippen LogP contribution in [0.4, 0.5) is 0 Å². The first-order valence-corrected chi connectivity index (χ1v) is 7.32. The van der Waals surface area contributed by atoms with Crippen LogP contribution in [0.25, 0.3) is 0 Å². The molecule has 4 heteroatoms. The first-order chi connectivity index (χ1) is 9.15. The minimum atomic E-state index is 0.109. The summed E-state index contributed by atoms with van der Waals surface area (Å²) in [4.78, 5) is 14.5. The van der Waals surface area contributed by atoms with Crippen molar-refractivity contribution in [2.24, 2.45) is 5.92 Å². The lowest BCUT2D eigenvalue weighted by molar-refractivity contribution is 0.0785. The van der Waals surface area contributed by atoms with Crippen molar-refractivity contribution < 1.29 is 4.79 Å². The third kappa shape index (κ3) is 2.49. The Labute approximate surface area is 118 Å². The fourth-order valence-corrected chi connectivity index (χ4v) is 3.30. The molecule has 2 aliphatic heterocycles. The smallest absolute Gasteiger partial charge is 0.253 e. The van der Waals surface area contributed by atoms with Crippen molar-refractivity contribution >= 4 is 17.5 Å². The van der Waals surface area contributed by atoms with Crippen LogP contribution in [0.5, 0.6) is 0 Å². The molecule has 0 aliphatic carbocycles. The number of nitrogens with one attached hydrogen (secondary N) is 1. The van der Waals surface area contributed by atoms with E-state index in [1.807, 2.05) is 24.0 Å². The average molecular weight is 279 g/mol. The van der Waals surface area contributed by atoms with E-state index in [0.717, 1.165) is 25.2 Å². The number of carbonyl (C=O) groups excluding carboxylic acids is 1. The first kappa shape index (κ1) is 12.9. The number of fused-ring (bicyclic) bond motifs is 1. The van der Waals surface area contributed by atoms with E-state index in [2.05, 4.69) is 5.32 Å². The number of aryl methyl sites for hydroxylation is 1. The third-order valence-corrected chi connectivity index (χ3v) is 4.71. The second-order valence-corrected chi connectivity index (χ2v) is 6.04. The van der Waals surface area contributed by atoms with E-state index < -0.39 is 0 Å². The molecule has 2 atom stereocenters. The van der Waals surface area contributed by atoms with Crippen molar-refractivity contribution in [1.29, 1.82) is 0 Å². The molecule has 2 saturated heterocycles. The molecule has 0 radical (unpaired) electrons. The molecule has 2 aliphatic rings. The summed E-state index contributed by atoms with van der Waals surface area (Å²) in [5, 5.41) is 4.19. The molecule has 0 aromatic heterocycles. The molecular weight excluding hydrogens is 260 g/mol. The lowest BCUT2D eigenvalue weighted by Gasteiger charge is -2.24. The molecule has 1 N–H and O–H groups in total. The van der Waals surface area contributed by atoms with Gasteiger partial charge in [-0.3, -0.25) is 4.79 Å². The number of amides is 1. The zero-order valence-electron chi connectivity index (χ0n) is 11.2. The summed E-state index contributed by atoms with van der Waals surface area (Å²) < 4.78 is 0. The molecule has 2 fully saturated rings. The van der Waals surface area contributed by atoms with E-state index in [1.165, 1.54) is 12.8 Å². The summed E-state index contributed by atoms with van der Waals surface area (Å²) >= 11 is 6.10. The number of hydrogen-bond acceptors (Lipinski definition) is 2. The summed E-state index contributed by atoms with van der Waals surface area (Å²) in [6.45, 7) is 4.74. The molecule has 0 saturated carbocycles. The SMILES string of the molecule is Cc1ccc(C(=O)N2C[C@@H]3CCCN[C@@H]3C2)cc1Cl. The summed E-state index contributed by atoms with van der Waals surface area (Å²) in [5.41, 5.74) is 1.71. The van der Waals surface area contributed by atoms with E-state index in [4.69, 9.17) is 11.6 Å². The minimum absolute atomic E-state index is 0.109.